The summed E-state index contributed by atoms with van der Waals surface area (Å²) in [4.78, 5) is 2.26. The van der Waals surface area contributed by atoms with Crippen molar-refractivity contribution in [2.75, 3.05) is 20.6 Å². The van der Waals surface area contributed by atoms with Gasteiger partial charge in [0.25, 0.3) is 0 Å². The van der Waals surface area contributed by atoms with Gasteiger partial charge in [0.15, 0.2) is 0 Å². The molecule has 0 radical (unpaired) electrons. The molecular weight excluding hydrogens is 172 g/mol. The van der Waals surface area contributed by atoms with Crippen molar-refractivity contribution in [1.29, 1.82) is 0 Å². The van der Waals surface area contributed by atoms with Gasteiger partial charge >= 0.3 is 0 Å². The van der Waals surface area contributed by atoms with E-state index in [0.717, 1.165) is 12.0 Å². The molecule has 3 unspecified atom stereocenters. The van der Waals surface area contributed by atoms with Gasteiger partial charge in [-0.3, -0.25) is 0 Å². The van der Waals surface area contributed by atoms with Gasteiger partial charge in [-0.1, -0.05) is 6.92 Å². The van der Waals surface area contributed by atoms with E-state index in [1.807, 2.05) is 0 Å². The highest BCUT2D eigenvalue weighted by Crippen LogP contribution is 2.24. The quantitative estimate of drug-likeness (QED) is 0.728. The maximum atomic E-state index is 3.74. The van der Waals surface area contributed by atoms with Crippen LogP contribution in [0.4, 0.5) is 0 Å². The van der Waals surface area contributed by atoms with Crippen LogP contribution >= 0.6 is 0 Å². The third-order valence-electron chi connectivity index (χ3n) is 3.22. The molecule has 0 aromatic rings. The van der Waals surface area contributed by atoms with E-state index in [2.05, 4.69) is 38.2 Å². The minimum atomic E-state index is 0.674. The topological polar surface area (TPSA) is 15.3 Å². The van der Waals surface area contributed by atoms with Gasteiger partial charge < -0.3 is 10.2 Å². The molecule has 1 N–H and O–H groups in total. The van der Waals surface area contributed by atoms with E-state index in [1.165, 1.54) is 32.2 Å². The van der Waals surface area contributed by atoms with Gasteiger partial charge in [-0.25, -0.2) is 0 Å². The van der Waals surface area contributed by atoms with Crippen LogP contribution in [-0.2, 0) is 0 Å². The summed E-state index contributed by atoms with van der Waals surface area (Å²) in [5.74, 6) is 0.938. The lowest BCUT2D eigenvalue weighted by Gasteiger charge is -2.21. The van der Waals surface area contributed by atoms with Gasteiger partial charge in [-0.15, -0.1) is 0 Å². The minimum Gasteiger partial charge on any atom is -0.311 e. The molecule has 0 spiro atoms. The highest BCUT2D eigenvalue weighted by molar-refractivity contribution is 4.80. The summed E-state index contributed by atoms with van der Waals surface area (Å²) in [6.07, 6.45) is 5.44. The number of hydrogen-bond acceptors (Lipinski definition) is 2. The number of nitrogens with zero attached hydrogens (tertiary/aromatic N) is 1. The second-order valence-electron chi connectivity index (χ2n) is 5.27. The molecule has 0 amide bonds. The summed E-state index contributed by atoms with van der Waals surface area (Å²) >= 11 is 0. The van der Waals surface area contributed by atoms with Crippen molar-refractivity contribution in [2.45, 2.75) is 51.6 Å². The van der Waals surface area contributed by atoms with E-state index < -0.39 is 0 Å². The van der Waals surface area contributed by atoms with E-state index in [0.29, 0.717) is 6.04 Å². The van der Waals surface area contributed by atoms with E-state index in [9.17, 15) is 0 Å². The molecule has 1 fully saturated rings. The van der Waals surface area contributed by atoms with Crippen LogP contribution in [0.25, 0.3) is 0 Å². The Hall–Kier alpha value is -0.0800. The normalized spacial score (nSPS) is 29.8. The lowest BCUT2D eigenvalue weighted by molar-refractivity contribution is 0.347. The van der Waals surface area contributed by atoms with Gasteiger partial charge in [0.2, 0.25) is 0 Å². The molecule has 3 atom stereocenters. The van der Waals surface area contributed by atoms with Crippen LogP contribution in [0.3, 0.4) is 0 Å². The first-order chi connectivity index (χ1) is 6.58. The summed E-state index contributed by atoms with van der Waals surface area (Å²) in [5.41, 5.74) is 0. The molecule has 0 aliphatic heterocycles. The smallest absolute Gasteiger partial charge is 0.00721 e. The SMILES string of the molecule is CC1CCC(NC(C)CCN(C)C)C1. The average molecular weight is 198 g/mol. The van der Waals surface area contributed by atoms with Crippen LogP contribution in [0.5, 0.6) is 0 Å². The van der Waals surface area contributed by atoms with E-state index >= 15 is 0 Å². The fourth-order valence-corrected chi connectivity index (χ4v) is 2.30. The maximum absolute atomic E-state index is 3.74. The fourth-order valence-electron chi connectivity index (χ4n) is 2.30. The van der Waals surface area contributed by atoms with Crippen molar-refractivity contribution < 1.29 is 0 Å². The molecule has 0 saturated heterocycles. The van der Waals surface area contributed by atoms with Gasteiger partial charge in [-0.05, 0) is 59.2 Å². The molecule has 1 aliphatic carbocycles. The molecule has 1 rings (SSSR count). The summed E-state index contributed by atoms with van der Waals surface area (Å²) in [6, 6.07) is 1.47. The molecule has 2 heteroatoms. The Bertz CT molecular complexity index is 156. The van der Waals surface area contributed by atoms with Crippen molar-refractivity contribution >= 4 is 0 Å². The Morgan fingerprint density at radius 3 is 2.57 bits per heavy atom. The van der Waals surface area contributed by atoms with Gasteiger partial charge in [0, 0.05) is 12.1 Å². The molecule has 1 aliphatic rings. The van der Waals surface area contributed by atoms with Crippen molar-refractivity contribution in [3.8, 4) is 0 Å². The van der Waals surface area contributed by atoms with Gasteiger partial charge in [-0.2, -0.15) is 0 Å². The molecule has 0 aromatic carbocycles. The van der Waals surface area contributed by atoms with E-state index in [4.69, 9.17) is 0 Å². The molecule has 0 bridgehead atoms. The van der Waals surface area contributed by atoms with Crippen LogP contribution in [0, 0.1) is 5.92 Å². The number of nitrogens with one attached hydrogen (secondary N) is 1. The maximum Gasteiger partial charge on any atom is 0.00721 e. The standard InChI is InChI=1S/C12H26N2/c1-10-5-6-12(9-10)13-11(2)7-8-14(3)4/h10-13H,5-9H2,1-4H3. The lowest BCUT2D eigenvalue weighted by Crippen LogP contribution is -2.36. The largest absolute Gasteiger partial charge is 0.311 e. The zero-order chi connectivity index (χ0) is 10.6. The third-order valence-corrected chi connectivity index (χ3v) is 3.22. The molecule has 1 saturated carbocycles. The van der Waals surface area contributed by atoms with Crippen molar-refractivity contribution in [3.63, 3.8) is 0 Å². The molecule has 2 nitrogen and oxygen atoms in total. The molecule has 0 heterocycles. The molecular formula is C12H26N2. The Balaban J connectivity index is 2.10. The second kappa shape index (κ2) is 5.72. The van der Waals surface area contributed by atoms with Crippen molar-refractivity contribution in [1.82, 2.24) is 10.2 Å². The first-order valence-electron chi connectivity index (χ1n) is 5.98. The molecule has 0 aromatic heterocycles. The summed E-state index contributed by atoms with van der Waals surface area (Å²) < 4.78 is 0. The van der Waals surface area contributed by atoms with E-state index in [-0.39, 0.29) is 0 Å². The first kappa shape index (κ1) is 12.0. The third kappa shape index (κ3) is 4.43. The average Bonchev–Trinajstić information content (AvgIpc) is 2.48. The van der Waals surface area contributed by atoms with E-state index in [1.54, 1.807) is 0 Å². The highest BCUT2D eigenvalue weighted by Gasteiger charge is 2.21. The Kier molecular flexibility index (Phi) is 4.90. The van der Waals surface area contributed by atoms with Crippen LogP contribution in [0.2, 0.25) is 0 Å². The minimum absolute atomic E-state index is 0.674. The lowest BCUT2D eigenvalue weighted by atomic mass is 10.1. The van der Waals surface area contributed by atoms with Crippen LogP contribution in [0.15, 0.2) is 0 Å². The Labute approximate surface area is 89.1 Å². The number of rotatable bonds is 5. The zero-order valence-electron chi connectivity index (χ0n) is 10.2. The zero-order valence-corrected chi connectivity index (χ0v) is 10.2. The molecule has 84 valence electrons. The summed E-state index contributed by atoms with van der Waals surface area (Å²) in [7, 11) is 4.29. The predicted molar refractivity (Wildman–Crippen MR) is 62.6 cm³/mol. The van der Waals surface area contributed by atoms with Crippen LogP contribution in [-0.4, -0.2) is 37.6 Å². The number of hydrogen-bond donors (Lipinski definition) is 1. The fraction of sp³-hybridized carbons (Fsp3) is 1.00. The van der Waals surface area contributed by atoms with Gasteiger partial charge in [0.05, 0.1) is 0 Å². The van der Waals surface area contributed by atoms with Crippen LogP contribution < -0.4 is 5.32 Å². The first-order valence-corrected chi connectivity index (χ1v) is 5.98. The van der Waals surface area contributed by atoms with Crippen molar-refractivity contribution in [3.05, 3.63) is 0 Å². The highest BCUT2D eigenvalue weighted by atomic mass is 15.1. The Morgan fingerprint density at radius 1 is 1.36 bits per heavy atom. The Morgan fingerprint density at radius 2 is 2.07 bits per heavy atom. The summed E-state index contributed by atoms with van der Waals surface area (Å²) in [5, 5.41) is 3.74. The second-order valence-corrected chi connectivity index (χ2v) is 5.27. The van der Waals surface area contributed by atoms with Crippen LogP contribution in [0.1, 0.15) is 39.5 Å². The molecule has 14 heavy (non-hydrogen) atoms. The van der Waals surface area contributed by atoms with Crippen molar-refractivity contribution in [2.24, 2.45) is 5.92 Å². The monoisotopic (exact) mass is 198 g/mol. The van der Waals surface area contributed by atoms with Gasteiger partial charge in [0.1, 0.15) is 0 Å². The predicted octanol–water partition coefficient (Wildman–Crippen LogP) is 2.10. The summed E-state index contributed by atoms with van der Waals surface area (Å²) in [6.45, 7) is 5.87.